The summed E-state index contributed by atoms with van der Waals surface area (Å²) in [7, 11) is 0. The van der Waals surface area contributed by atoms with Crippen molar-refractivity contribution in [1.82, 2.24) is 4.90 Å². The first-order chi connectivity index (χ1) is 17.4. The molecule has 0 saturated carbocycles. The minimum Gasteiger partial charge on any atom is -0.462 e. The van der Waals surface area contributed by atoms with Crippen molar-refractivity contribution < 1.29 is 19.1 Å². The SMILES string of the molecule is CCCCOC(=O)c1ccc(NC(=O)CCCN2C(=O)C(=CC(C)=Cc3ccccc3)SC2=S)cc1. The minimum atomic E-state index is -0.371. The molecule has 8 heteroatoms. The number of thioether (sulfide) groups is 1. The van der Waals surface area contributed by atoms with E-state index in [0.29, 0.717) is 40.0 Å². The van der Waals surface area contributed by atoms with E-state index in [9.17, 15) is 14.4 Å². The number of hydrogen-bond acceptors (Lipinski definition) is 6. The van der Waals surface area contributed by atoms with Gasteiger partial charge in [-0.15, -0.1) is 0 Å². The Balaban J connectivity index is 1.46. The lowest BCUT2D eigenvalue weighted by molar-refractivity contribution is -0.122. The number of nitrogens with one attached hydrogen (secondary N) is 1. The standard InChI is InChI=1S/C28H30N2O4S2/c1-3-4-17-34-27(33)22-12-14-23(15-13-22)29-25(31)11-8-16-30-26(32)24(36-28(30)35)19-20(2)18-21-9-6-5-7-10-21/h5-7,9-10,12-15,18-19H,3-4,8,11,16-17H2,1-2H3,(H,29,31). The summed E-state index contributed by atoms with van der Waals surface area (Å²) in [5, 5.41) is 2.81. The van der Waals surface area contributed by atoms with Gasteiger partial charge in [0.15, 0.2) is 0 Å². The van der Waals surface area contributed by atoms with Crippen molar-refractivity contribution in [3.8, 4) is 0 Å². The first-order valence-electron chi connectivity index (χ1n) is 11.9. The molecule has 2 amide bonds. The van der Waals surface area contributed by atoms with Gasteiger partial charge >= 0.3 is 5.97 Å². The van der Waals surface area contributed by atoms with Crippen molar-refractivity contribution in [2.75, 3.05) is 18.5 Å². The Morgan fingerprint density at radius 1 is 1.08 bits per heavy atom. The van der Waals surface area contributed by atoms with Gasteiger partial charge in [-0.25, -0.2) is 4.79 Å². The van der Waals surface area contributed by atoms with E-state index < -0.39 is 0 Å². The maximum Gasteiger partial charge on any atom is 0.338 e. The highest BCUT2D eigenvalue weighted by molar-refractivity contribution is 8.26. The molecule has 1 heterocycles. The summed E-state index contributed by atoms with van der Waals surface area (Å²) in [5.41, 5.74) is 3.07. The number of unbranched alkanes of at least 4 members (excludes halogenated alkanes) is 1. The van der Waals surface area contributed by atoms with Crippen LogP contribution in [0.25, 0.3) is 6.08 Å². The molecule has 3 rings (SSSR count). The van der Waals surface area contributed by atoms with E-state index in [-0.39, 0.29) is 24.2 Å². The van der Waals surface area contributed by atoms with E-state index in [4.69, 9.17) is 17.0 Å². The lowest BCUT2D eigenvalue weighted by Crippen LogP contribution is -2.29. The number of hydrogen-bond donors (Lipinski definition) is 1. The van der Waals surface area contributed by atoms with Crippen molar-refractivity contribution >= 4 is 57.8 Å². The summed E-state index contributed by atoms with van der Waals surface area (Å²) in [6, 6.07) is 16.5. The molecule has 1 N–H and O–H groups in total. The van der Waals surface area contributed by atoms with Crippen LogP contribution >= 0.6 is 24.0 Å². The number of anilines is 1. The van der Waals surface area contributed by atoms with Gasteiger partial charge in [-0.05, 0) is 61.2 Å². The quantitative estimate of drug-likeness (QED) is 0.164. The zero-order valence-corrected chi connectivity index (χ0v) is 22.1. The first-order valence-corrected chi connectivity index (χ1v) is 13.2. The van der Waals surface area contributed by atoms with Crippen molar-refractivity contribution in [2.24, 2.45) is 0 Å². The largest absolute Gasteiger partial charge is 0.462 e. The Kier molecular flexibility index (Phi) is 10.5. The van der Waals surface area contributed by atoms with Gasteiger partial charge < -0.3 is 10.1 Å². The van der Waals surface area contributed by atoms with Crippen LogP contribution in [0, 0.1) is 0 Å². The summed E-state index contributed by atoms with van der Waals surface area (Å²) in [5.74, 6) is -0.673. The van der Waals surface area contributed by atoms with Crippen LogP contribution in [0.2, 0.25) is 0 Å². The second kappa shape index (κ2) is 13.8. The monoisotopic (exact) mass is 522 g/mol. The van der Waals surface area contributed by atoms with Gasteiger partial charge in [0.2, 0.25) is 5.91 Å². The van der Waals surface area contributed by atoms with Crippen LogP contribution in [0.15, 0.2) is 71.2 Å². The molecular weight excluding hydrogens is 492 g/mol. The maximum atomic E-state index is 12.8. The average Bonchev–Trinajstić information content (AvgIpc) is 3.12. The lowest BCUT2D eigenvalue weighted by Gasteiger charge is -2.14. The van der Waals surface area contributed by atoms with Crippen LogP contribution in [-0.4, -0.2) is 40.2 Å². The Labute approximate surface area is 221 Å². The molecule has 2 aromatic rings. The van der Waals surface area contributed by atoms with Crippen LogP contribution in [0.4, 0.5) is 5.69 Å². The predicted octanol–water partition coefficient (Wildman–Crippen LogP) is 6.21. The van der Waals surface area contributed by atoms with Crippen molar-refractivity contribution in [3.63, 3.8) is 0 Å². The van der Waals surface area contributed by atoms with Crippen LogP contribution < -0.4 is 5.32 Å². The normalized spacial score (nSPS) is 14.9. The second-order valence-electron chi connectivity index (χ2n) is 8.35. The summed E-state index contributed by atoms with van der Waals surface area (Å²) in [4.78, 5) is 39.3. The Morgan fingerprint density at radius 3 is 2.50 bits per heavy atom. The molecule has 0 spiro atoms. The molecular formula is C28H30N2O4S2. The topological polar surface area (TPSA) is 75.7 Å². The Morgan fingerprint density at radius 2 is 1.81 bits per heavy atom. The van der Waals surface area contributed by atoms with Gasteiger partial charge in [-0.1, -0.05) is 73.7 Å². The van der Waals surface area contributed by atoms with Crippen LogP contribution in [0.3, 0.4) is 0 Å². The number of nitrogens with zero attached hydrogens (tertiary/aromatic N) is 1. The fourth-order valence-corrected chi connectivity index (χ4v) is 4.82. The van der Waals surface area contributed by atoms with Gasteiger partial charge in [0.1, 0.15) is 4.32 Å². The number of allylic oxidation sites excluding steroid dienone is 2. The molecule has 6 nitrogen and oxygen atoms in total. The predicted molar refractivity (Wildman–Crippen MR) is 150 cm³/mol. The molecule has 0 radical (unpaired) electrons. The van der Waals surface area contributed by atoms with Crippen LogP contribution in [0.1, 0.15) is 55.5 Å². The molecule has 1 aliphatic rings. The fraction of sp³-hybridized carbons (Fsp3) is 0.286. The van der Waals surface area contributed by atoms with Gasteiger partial charge in [-0.3, -0.25) is 14.5 Å². The zero-order chi connectivity index (χ0) is 25.9. The number of rotatable bonds is 11. The molecule has 188 valence electrons. The van der Waals surface area contributed by atoms with Gasteiger partial charge in [0.25, 0.3) is 5.91 Å². The summed E-state index contributed by atoms with van der Waals surface area (Å²) >= 11 is 6.68. The molecule has 36 heavy (non-hydrogen) atoms. The molecule has 1 aliphatic heterocycles. The van der Waals surface area contributed by atoms with Crippen molar-refractivity contribution in [3.05, 3.63) is 82.3 Å². The number of carbonyl (C=O) groups excluding carboxylic acids is 3. The van der Waals surface area contributed by atoms with Gasteiger partial charge in [0, 0.05) is 18.7 Å². The van der Waals surface area contributed by atoms with E-state index in [1.165, 1.54) is 11.8 Å². The highest BCUT2D eigenvalue weighted by atomic mass is 32.2. The van der Waals surface area contributed by atoms with E-state index in [1.54, 1.807) is 29.2 Å². The van der Waals surface area contributed by atoms with Crippen molar-refractivity contribution in [1.29, 1.82) is 0 Å². The molecule has 0 unspecified atom stereocenters. The van der Waals surface area contributed by atoms with Gasteiger partial charge in [-0.2, -0.15) is 0 Å². The smallest absolute Gasteiger partial charge is 0.338 e. The summed E-state index contributed by atoms with van der Waals surface area (Å²) < 4.78 is 5.69. The van der Waals surface area contributed by atoms with Gasteiger partial charge in [0.05, 0.1) is 17.1 Å². The second-order valence-corrected chi connectivity index (χ2v) is 10.0. The Bertz CT molecular complexity index is 1160. The highest BCUT2D eigenvalue weighted by Gasteiger charge is 2.31. The number of thiocarbonyl (C=S) groups is 1. The number of amides is 2. The van der Waals surface area contributed by atoms with E-state index in [1.807, 2.05) is 56.3 Å². The number of ether oxygens (including phenoxy) is 1. The van der Waals surface area contributed by atoms with E-state index in [2.05, 4.69) is 5.32 Å². The Hall–Kier alpha value is -3.23. The molecule has 0 aliphatic carbocycles. The third-order valence-corrected chi connectivity index (χ3v) is 6.73. The van der Waals surface area contributed by atoms with Crippen LogP contribution in [0.5, 0.6) is 0 Å². The van der Waals surface area contributed by atoms with E-state index in [0.717, 1.165) is 24.0 Å². The summed E-state index contributed by atoms with van der Waals surface area (Å²) in [6.07, 6.45) is 6.37. The summed E-state index contributed by atoms with van der Waals surface area (Å²) in [6.45, 7) is 4.75. The molecule has 0 bridgehead atoms. The minimum absolute atomic E-state index is 0.132. The fourth-order valence-electron chi connectivity index (χ4n) is 3.46. The average molecular weight is 523 g/mol. The zero-order valence-electron chi connectivity index (χ0n) is 20.5. The third kappa shape index (κ3) is 8.17. The van der Waals surface area contributed by atoms with Crippen LogP contribution in [-0.2, 0) is 14.3 Å². The molecule has 2 aromatic carbocycles. The molecule has 0 aromatic heterocycles. The maximum absolute atomic E-state index is 12.8. The highest BCUT2D eigenvalue weighted by Crippen LogP contribution is 2.32. The number of benzene rings is 2. The van der Waals surface area contributed by atoms with E-state index >= 15 is 0 Å². The molecule has 1 saturated heterocycles. The number of carbonyl (C=O) groups is 3. The van der Waals surface area contributed by atoms with Crippen molar-refractivity contribution in [2.45, 2.75) is 39.5 Å². The molecule has 0 atom stereocenters. The molecule has 1 fully saturated rings. The number of esters is 1. The first kappa shape index (κ1) is 27.4. The lowest BCUT2D eigenvalue weighted by atomic mass is 10.1. The third-order valence-electron chi connectivity index (χ3n) is 5.35.